The normalized spacial score (nSPS) is 22.1. The molecule has 94 valence electrons. The molecule has 0 spiro atoms. The van der Waals surface area contributed by atoms with Gasteiger partial charge in [0.2, 0.25) is 0 Å². The van der Waals surface area contributed by atoms with Crippen molar-refractivity contribution in [2.75, 3.05) is 0 Å². The lowest BCUT2D eigenvalue weighted by Crippen LogP contribution is -2.50. The molecule has 7 nitrogen and oxygen atoms in total. The molecule has 1 atom stereocenters. The number of nitrogens with zero attached hydrogens (tertiary/aromatic N) is 2. The number of carbonyl (C=O) groups excluding carboxylic acids is 1. The lowest BCUT2D eigenvalue weighted by Gasteiger charge is -2.28. The summed E-state index contributed by atoms with van der Waals surface area (Å²) >= 11 is 0. The van der Waals surface area contributed by atoms with E-state index in [9.17, 15) is 14.9 Å². The van der Waals surface area contributed by atoms with Crippen LogP contribution in [0.25, 0.3) is 0 Å². The highest BCUT2D eigenvalue weighted by molar-refractivity contribution is 5.98. The smallest absolute Gasteiger partial charge is 0.273 e. The van der Waals surface area contributed by atoms with Gasteiger partial charge in [0, 0.05) is 11.3 Å². The number of hydrazone groups is 1. The summed E-state index contributed by atoms with van der Waals surface area (Å²) in [5, 5.41) is 18.3. The summed E-state index contributed by atoms with van der Waals surface area (Å²) in [5.41, 5.74) is 1.25. The first kappa shape index (κ1) is 13.1. The summed E-state index contributed by atoms with van der Waals surface area (Å²) in [6.07, 6.45) is 1.60. The van der Waals surface area contributed by atoms with Gasteiger partial charge in [-0.25, -0.2) is 10.1 Å². The number of guanidine groups is 1. The van der Waals surface area contributed by atoms with Gasteiger partial charge < -0.3 is 10.6 Å². The number of rotatable bonds is 4. The Bertz CT molecular complexity index is 400. The van der Waals surface area contributed by atoms with Crippen molar-refractivity contribution in [3.63, 3.8) is 0 Å². The van der Waals surface area contributed by atoms with Crippen molar-refractivity contribution in [1.82, 2.24) is 10.6 Å². The van der Waals surface area contributed by atoms with Gasteiger partial charge in [-0.1, -0.05) is 13.3 Å². The topological polar surface area (TPSA) is 96.6 Å². The Balaban J connectivity index is 3.04. The molecular weight excluding hydrogens is 224 g/mol. The van der Waals surface area contributed by atoms with Crippen LogP contribution in [0, 0.1) is 10.1 Å². The Morgan fingerprint density at radius 1 is 1.59 bits per heavy atom. The van der Waals surface area contributed by atoms with Crippen LogP contribution in [0.15, 0.2) is 16.4 Å². The molecule has 2 N–H and O–H groups in total. The van der Waals surface area contributed by atoms with Gasteiger partial charge in [-0.05, 0) is 20.3 Å². The third-order valence-electron chi connectivity index (χ3n) is 2.51. The van der Waals surface area contributed by atoms with Gasteiger partial charge in [-0.15, -0.1) is 0 Å². The molecule has 0 radical (unpaired) electrons. The van der Waals surface area contributed by atoms with Crippen LogP contribution in [0.1, 0.15) is 33.6 Å². The number of nitro groups is 1. The van der Waals surface area contributed by atoms with Crippen molar-refractivity contribution in [1.29, 1.82) is 0 Å². The van der Waals surface area contributed by atoms with Crippen molar-refractivity contribution in [3.8, 4) is 0 Å². The number of nitrogens with one attached hydrogen (secondary N) is 2. The quantitative estimate of drug-likeness (QED) is 0.558. The van der Waals surface area contributed by atoms with Crippen molar-refractivity contribution in [2.45, 2.75) is 39.7 Å². The van der Waals surface area contributed by atoms with Crippen molar-refractivity contribution in [3.05, 3.63) is 21.4 Å². The van der Waals surface area contributed by atoms with Crippen LogP contribution < -0.4 is 10.6 Å². The van der Waals surface area contributed by atoms with Crippen LogP contribution >= 0.6 is 0 Å². The van der Waals surface area contributed by atoms with Crippen LogP contribution in [-0.2, 0) is 4.79 Å². The second-order valence-corrected chi connectivity index (χ2v) is 3.89. The van der Waals surface area contributed by atoms with Gasteiger partial charge in [-0.3, -0.25) is 4.79 Å². The highest BCUT2D eigenvalue weighted by Crippen LogP contribution is 2.16. The van der Waals surface area contributed by atoms with Crippen LogP contribution in [-0.4, -0.2) is 22.8 Å². The van der Waals surface area contributed by atoms with Crippen LogP contribution in [0.3, 0.4) is 0 Å². The van der Waals surface area contributed by atoms with E-state index in [1.165, 1.54) is 6.92 Å². The maximum atomic E-state index is 11.5. The van der Waals surface area contributed by atoms with Gasteiger partial charge >= 0.3 is 0 Å². The largest absolute Gasteiger partial charge is 0.344 e. The fourth-order valence-electron chi connectivity index (χ4n) is 1.93. The molecule has 7 heteroatoms. The third-order valence-corrected chi connectivity index (χ3v) is 2.51. The van der Waals surface area contributed by atoms with Crippen LogP contribution in [0.2, 0.25) is 0 Å². The van der Waals surface area contributed by atoms with E-state index in [4.69, 9.17) is 0 Å². The highest BCUT2D eigenvalue weighted by atomic mass is 16.7. The molecule has 0 aromatic carbocycles. The second-order valence-electron chi connectivity index (χ2n) is 3.89. The van der Waals surface area contributed by atoms with Crippen molar-refractivity contribution < 1.29 is 9.83 Å². The predicted molar refractivity (Wildman–Crippen MR) is 62.8 cm³/mol. The summed E-state index contributed by atoms with van der Waals surface area (Å²) in [4.78, 5) is 21.8. The lowest BCUT2D eigenvalue weighted by atomic mass is 9.96. The van der Waals surface area contributed by atoms with E-state index in [-0.39, 0.29) is 17.8 Å². The molecule has 0 aromatic heterocycles. The lowest BCUT2D eigenvalue weighted by molar-refractivity contribution is -0.485. The van der Waals surface area contributed by atoms with Gasteiger partial charge in [0.05, 0.1) is 6.04 Å². The summed E-state index contributed by atoms with van der Waals surface area (Å²) < 4.78 is 0. The Morgan fingerprint density at radius 2 is 2.24 bits per heavy atom. The van der Waals surface area contributed by atoms with E-state index in [0.29, 0.717) is 11.3 Å². The molecule has 0 aromatic rings. The van der Waals surface area contributed by atoms with Gasteiger partial charge in [0.1, 0.15) is 5.10 Å². The zero-order valence-corrected chi connectivity index (χ0v) is 10.1. The molecular formula is C10H16N4O3. The van der Waals surface area contributed by atoms with E-state index in [2.05, 4.69) is 15.7 Å². The summed E-state index contributed by atoms with van der Waals surface area (Å²) in [6, 6.07) is -0.211. The van der Waals surface area contributed by atoms with Gasteiger partial charge in [0.15, 0.2) is 10.8 Å². The average molecular weight is 240 g/mol. The van der Waals surface area contributed by atoms with Gasteiger partial charge in [-0.2, -0.15) is 0 Å². The number of hydrogen-bond acceptors (Lipinski definition) is 3. The molecule has 1 aliphatic heterocycles. The fraction of sp³-hybridized carbons (Fsp3) is 0.600. The Labute approximate surface area is 99.1 Å². The Hall–Kier alpha value is -1.92. The van der Waals surface area contributed by atoms with Crippen molar-refractivity contribution >= 4 is 11.7 Å². The molecule has 0 bridgehead atoms. The first-order valence-electron chi connectivity index (χ1n) is 5.44. The third kappa shape index (κ3) is 3.27. The zero-order chi connectivity index (χ0) is 13.0. The number of carbonyl (C=O) groups is 1. The molecule has 1 aliphatic rings. The minimum atomic E-state index is -0.773. The number of ketones is 1. The van der Waals surface area contributed by atoms with Crippen molar-refractivity contribution in [2.24, 2.45) is 5.10 Å². The maximum Gasteiger partial charge on any atom is 0.273 e. The van der Waals surface area contributed by atoms with Crippen LogP contribution in [0.4, 0.5) is 0 Å². The number of hydrogen-bond donors (Lipinski definition) is 2. The van der Waals surface area contributed by atoms with E-state index in [1.54, 1.807) is 6.92 Å². The number of Topliss-reactive ketones (excluding diaryl/α,β-unsaturated/α-hetero) is 1. The second kappa shape index (κ2) is 5.42. The highest BCUT2D eigenvalue weighted by Gasteiger charge is 2.27. The standard InChI is InChI=1S/C10H16N4O3/c1-4-5-8-9(7(3)15)6(2)11-10(12-8)13-14(16)17/h8H,4-5H2,1-3H3,(H2,11,12,13)/t8-/m1/s1. The van der Waals surface area contributed by atoms with Gasteiger partial charge in [0.25, 0.3) is 5.96 Å². The molecule has 1 heterocycles. The molecule has 0 saturated carbocycles. The average Bonchev–Trinajstić information content (AvgIpc) is 2.15. The molecule has 0 fully saturated rings. The molecule has 1 rings (SSSR count). The fourth-order valence-corrected chi connectivity index (χ4v) is 1.93. The van der Waals surface area contributed by atoms with E-state index >= 15 is 0 Å². The molecule has 0 saturated heterocycles. The minimum absolute atomic E-state index is 0.0406. The van der Waals surface area contributed by atoms with E-state index < -0.39 is 5.03 Å². The molecule has 17 heavy (non-hydrogen) atoms. The number of allylic oxidation sites excluding steroid dienone is 1. The summed E-state index contributed by atoms with van der Waals surface area (Å²) in [7, 11) is 0. The minimum Gasteiger partial charge on any atom is -0.344 e. The monoisotopic (exact) mass is 240 g/mol. The first-order chi connectivity index (χ1) is 7.95. The summed E-state index contributed by atoms with van der Waals surface area (Å²) in [5.74, 6) is 0.0389. The Morgan fingerprint density at radius 3 is 2.71 bits per heavy atom. The summed E-state index contributed by atoms with van der Waals surface area (Å²) in [6.45, 7) is 5.19. The van der Waals surface area contributed by atoms with E-state index in [1.807, 2.05) is 6.92 Å². The zero-order valence-electron chi connectivity index (χ0n) is 10.1. The van der Waals surface area contributed by atoms with E-state index in [0.717, 1.165) is 12.8 Å². The first-order valence-corrected chi connectivity index (χ1v) is 5.44. The molecule has 0 amide bonds. The predicted octanol–water partition coefficient (Wildman–Crippen LogP) is 0.759. The maximum absolute atomic E-state index is 11.5. The SMILES string of the molecule is CCC[C@H]1N/C(=N/[N+](=O)[O-])NC(C)=C1C(C)=O. The van der Waals surface area contributed by atoms with Crippen LogP contribution in [0.5, 0.6) is 0 Å². The molecule has 0 aliphatic carbocycles. The molecule has 0 unspecified atom stereocenters. The Kier molecular flexibility index (Phi) is 4.19.